The highest BCUT2D eigenvalue weighted by molar-refractivity contribution is 6.41. The number of hydrogen-bond acceptors (Lipinski definition) is 4. The van der Waals surface area contributed by atoms with Crippen molar-refractivity contribution in [1.82, 2.24) is 5.32 Å². The summed E-state index contributed by atoms with van der Waals surface area (Å²) in [5.41, 5.74) is 0.359. The van der Waals surface area contributed by atoms with E-state index >= 15 is 0 Å². The minimum Gasteiger partial charge on any atom is -0.467 e. The molecule has 0 aliphatic rings. The van der Waals surface area contributed by atoms with Gasteiger partial charge in [0.05, 0.1) is 17.0 Å². The molecule has 1 aromatic carbocycles. The van der Waals surface area contributed by atoms with E-state index in [1.807, 2.05) is 0 Å². The van der Waals surface area contributed by atoms with Gasteiger partial charge < -0.3 is 20.2 Å². The molecular weight excluding hydrogens is 320 g/mol. The number of benzene rings is 1. The van der Waals surface area contributed by atoms with E-state index in [1.165, 1.54) is 6.26 Å². The summed E-state index contributed by atoms with van der Waals surface area (Å²) in [5.74, 6) is -1.21. The van der Waals surface area contributed by atoms with Crippen LogP contribution in [0.2, 0.25) is 5.02 Å². The second kappa shape index (κ2) is 7.80. The predicted octanol–water partition coefficient (Wildman–Crippen LogP) is 2.50. The molecule has 0 aliphatic heterocycles. The van der Waals surface area contributed by atoms with Crippen molar-refractivity contribution < 1.29 is 19.1 Å². The maximum Gasteiger partial charge on any atom is 0.313 e. The van der Waals surface area contributed by atoms with Gasteiger partial charge in [0.15, 0.2) is 0 Å². The molecule has 2 aromatic rings. The lowest BCUT2D eigenvalue weighted by Crippen LogP contribution is -2.41. The van der Waals surface area contributed by atoms with Crippen LogP contribution in [0.15, 0.2) is 47.1 Å². The average molecular weight is 337 g/mol. The van der Waals surface area contributed by atoms with Crippen molar-refractivity contribution in [2.75, 3.05) is 5.32 Å². The SMILES string of the molecule is CC(CC(O)c1ccco1)NC(=O)C(=O)Nc1ccccc1Cl. The lowest BCUT2D eigenvalue weighted by Gasteiger charge is -2.16. The van der Waals surface area contributed by atoms with E-state index < -0.39 is 24.0 Å². The zero-order chi connectivity index (χ0) is 16.8. The summed E-state index contributed by atoms with van der Waals surface area (Å²) in [6.45, 7) is 1.69. The van der Waals surface area contributed by atoms with E-state index in [0.717, 1.165) is 0 Å². The van der Waals surface area contributed by atoms with Crippen LogP contribution in [0.4, 0.5) is 5.69 Å². The van der Waals surface area contributed by atoms with Gasteiger partial charge in [-0.15, -0.1) is 0 Å². The number of hydrogen-bond donors (Lipinski definition) is 3. The molecule has 2 unspecified atom stereocenters. The van der Waals surface area contributed by atoms with Crippen molar-refractivity contribution in [2.24, 2.45) is 0 Å². The average Bonchev–Trinajstić information content (AvgIpc) is 3.03. The topological polar surface area (TPSA) is 91.6 Å². The number of carbonyl (C=O) groups is 2. The molecular formula is C16H17ClN2O4. The first-order valence-corrected chi connectivity index (χ1v) is 7.43. The molecule has 2 rings (SSSR count). The first-order valence-electron chi connectivity index (χ1n) is 7.05. The highest BCUT2D eigenvalue weighted by Gasteiger charge is 2.20. The van der Waals surface area contributed by atoms with E-state index in [9.17, 15) is 14.7 Å². The van der Waals surface area contributed by atoms with Gasteiger partial charge in [-0.05, 0) is 31.2 Å². The Labute approximate surface area is 138 Å². The van der Waals surface area contributed by atoms with Gasteiger partial charge in [0.1, 0.15) is 11.9 Å². The molecule has 1 aromatic heterocycles. The number of aliphatic hydroxyl groups is 1. The Morgan fingerprint density at radius 2 is 1.96 bits per heavy atom. The number of furan rings is 1. The zero-order valence-electron chi connectivity index (χ0n) is 12.5. The van der Waals surface area contributed by atoms with Crippen molar-refractivity contribution >= 4 is 29.1 Å². The maximum atomic E-state index is 11.9. The summed E-state index contributed by atoms with van der Waals surface area (Å²) in [5, 5.41) is 15.2. The second-order valence-electron chi connectivity index (χ2n) is 5.08. The summed E-state index contributed by atoms with van der Waals surface area (Å²) < 4.78 is 5.08. The molecule has 7 heteroatoms. The van der Waals surface area contributed by atoms with Gasteiger partial charge in [0.2, 0.25) is 0 Å². The van der Waals surface area contributed by atoms with Gasteiger partial charge in [-0.1, -0.05) is 23.7 Å². The zero-order valence-corrected chi connectivity index (χ0v) is 13.2. The summed E-state index contributed by atoms with van der Waals surface area (Å²) in [7, 11) is 0. The highest BCUT2D eigenvalue weighted by atomic mass is 35.5. The van der Waals surface area contributed by atoms with Crippen molar-refractivity contribution in [3.63, 3.8) is 0 Å². The van der Waals surface area contributed by atoms with Crippen molar-refractivity contribution in [3.05, 3.63) is 53.4 Å². The molecule has 0 saturated heterocycles. The number of para-hydroxylation sites is 1. The van der Waals surface area contributed by atoms with Gasteiger partial charge >= 0.3 is 11.8 Å². The van der Waals surface area contributed by atoms with E-state index in [1.54, 1.807) is 43.3 Å². The Kier molecular flexibility index (Phi) is 5.78. The molecule has 6 nitrogen and oxygen atoms in total. The molecule has 0 bridgehead atoms. The number of amides is 2. The van der Waals surface area contributed by atoms with Crippen LogP contribution in [0, 0.1) is 0 Å². The van der Waals surface area contributed by atoms with Crippen LogP contribution in [-0.2, 0) is 9.59 Å². The summed E-state index contributed by atoms with van der Waals surface area (Å²) >= 11 is 5.91. The smallest absolute Gasteiger partial charge is 0.313 e. The van der Waals surface area contributed by atoms with Crippen LogP contribution in [0.25, 0.3) is 0 Å². The van der Waals surface area contributed by atoms with Gasteiger partial charge in [-0.3, -0.25) is 9.59 Å². The first kappa shape index (κ1) is 17.1. The fourth-order valence-electron chi connectivity index (χ4n) is 2.02. The number of carbonyl (C=O) groups excluding carboxylic acids is 2. The lowest BCUT2D eigenvalue weighted by molar-refractivity contribution is -0.136. The third-order valence-electron chi connectivity index (χ3n) is 3.15. The van der Waals surface area contributed by atoms with Crippen LogP contribution in [-0.4, -0.2) is 23.0 Å². The molecule has 0 aliphatic carbocycles. The maximum absolute atomic E-state index is 11.9. The van der Waals surface area contributed by atoms with Gasteiger partial charge in [0, 0.05) is 12.5 Å². The van der Waals surface area contributed by atoms with E-state index in [0.29, 0.717) is 16.5 Å². The number of halogens is 1. The Balaban J connectivity index is 1.85. The van der Waals surface area contributed by atoms with Crippen molar-refractivity contribution in [3.8, 4) is 0 Å². The standard InChI is InChI=1S/C16H17ClN2O4/c1-10(9-13(20)14-7-4-8-23-14)18-15(21)16(22)19-12-6-3-2-5-11(12)17/h2-8,10,13,20H,9H2,1H3,(H,18,21)(H,19,22). The monoisotopic (exact) mass is 336 g/mol. The van der Waals surface area contributed by atoms with E-state index in [4.69, 9.17) is 16.0 Å². The lowest BCUT2D eigenvalue weighted by atomic mass is 10.1. The van der Waals surface area contributed by atoms with E-state index in [-0.39, 0.29) is 6.42 Å². The summed E-state index contributed by atoms with van der Waals surface area (Å²) in [6.07, 6.45) is 0.823. The molecule has 0 radical (unpaired) electrons. The van der Waals surface area contributed by atoms with Crippen LogP contribution < -0.4 is 10.6 Å². The summed E-state index contributed by atoms with van der Waals surface area (Å²) in [6, 6.07) is 9.51. The molecule has 0 saturated carbocycles. The Morgan fingerprint density at radius 3 is 2.61 bits per heavy atom. The molecule has 0 spiro atoms. The molecule has 2 atom stereocenters. The van der Waals surface area contributed by atoms with E-state index in [2.05, 4.69) is 10.6 Å². The molecule has 122 valence electrons. The number of rotatable bonds is 5. The quantitative estimate of drug-likeness (QED) is 0.731. The molecule has 23 heavy (non-hydrogen) atoms. The fourth-order valence-corrected chi connectivity index (χ4v) is 2.20. The van der Waals surface area contributed by atoms with Gasteiger partial charge in [-0.25, -0.2) is 0 Å². The first-order chi connectivity index (χ1) is 11.0. The Hall–Kier alpha value is -2.31. The predicted molar refractivity (Wildman–Crippen MR) is 86.0 cm³/mol. The van der Waals surface area contributed by atoms with Crippen LogP contribution in [0.1, 0.15) is 25.2 Å². The summed E-state index contributed by atoms with van der Waals surface area (Å²) in [4.78, 5) is 23.7. The third-order valence-corrected chi connectivity index (χ3v) is 3.48. The Morgan fingerprint density at radius 1 is 1.22 bits per heavy atom. The van der Waals surface area contributed by atoms with Crippen LogP contribution >= 0.6 is 11.6 Å². The fraction of sp³-hybridized carbons (Fsp3) is 0.250. The van der Waals surface area contributed by atoms with Gasteiger partial charge in [0.25, 0.3) is 0 Å². The number of aliphatic hydroxyl groups excluding tert-OH is 1. The molecule has 2 amide bonds. The minimum absolute atomic E-state index is 0.221. The van der Waals surface area contributed by atoms with Crippen LogP contribution in [0.3, 0.4) is 0 Å². The van der Waals surface area contributed by atoms with Crippen molar-refractivity contribution in [1.29, 1.82) is 0 Å². The number of anilines is 1. The van der Waals surface area contributed by atoms with Gasteiger partial charge in [-0.2, -0.15) is 0 Å². The molecule has 3 N–H and O–H groups in total. The molecule has 1 heterocycles. The molecule has 0 fully saturated rings. The minimum atomic E-state index is -0.855. The number of nitrogens with one attached hydrogen (secondary N) is 2. The third kappa shape index (κ3) is 4.84. The van der Waals surface area contributed by atoms with Crippen molar-refractivity contribution in [2.45, 2.75) is 25.5 Å². The largest absolute Gasteiger partial charge is 0.467 e. The highest BCUT2D eigenvalue weighted by Crippen LogP contribution is 2.20. The second-order valence-corrected chi connectivity index (χ2v) is 5.48. The normalized spacial score (nSPS) is 13.2. The van der Waals surface area contributed by atoms with Crippen LogP contribution in [0.5, 0.6) is 0 Å². The Bertz CT molecular complexity index is 672.